The number of nitrogens with two attached hydrogens (primary N) is 1. The van der Waals surface area contributed by atoms with Crippen LogP contribution in [0.2, 0.25) is 0 Å². The van der Waals surface area contributed by atoms with Crippen molar-refractivity contribution in [1.82, 2.24) is 10.2 Å². The molecule has 1 amide bonds. The number of nitrogens with zero attached hydrogens (tertiary/aromatic N) is 1. The molecule has 1 aromatic carbocycles. The van der Waals surface area contributed by atoms with Crippen LogP contribution in [-0.4, -0.2) is 43.0 Å². The Hall–Kier alpha value is -1.36. The van der Waals surface area contributed by atoms with Crippen molar-refractivity contribution in [2.75, 3.05) is 26.2 Å². The Morgan fingerprint density at radius 2 is 2.14 bits per heavy atom. The minimum absolute atomic E-state index is 0. The van der Waals surface area contributed by atoms with Gasteiger partial charge in [-0.3, -0.25) is 9.69 Å². The van der Waals surface area contributed by atoms with Crippen LogP contribution in [0, 0.1) is 5.92 Å². The molecule has 0 aromatic heterocycles. The molecule has 2 rings (SSSR count). The fraction of sp³-hybridized carbons (Fsp3) is 0.471. The van der Waals surface area contributed by atoms with Gasteiger partial charge in [0.1, 0.15) is 0 Å². The lowest BCUT2D eigenvalue weighted by atomic mass is 9.89. The predicted octanol–water partition coefficient (Wildman–Crippen LogP) is 1.77. The number of carbonyl (C=O) groups is 1. The third-order valence-electron chi connectivity index (χ3n) is 4.35. The maximum Gasteiger partial charge on any atom is 0.237 e. The number of likely N-dealkylation sites (tertiary alicyclic amines) is 1. The van der Waals surface area contributed by atoms with E-state index in [-0.39, 0.29) is 24.4 Å². The van der Waals surface area contributed by atoms with E-state index in [9.17, 15) is 4.79 Å². The molecule has 1 saturated heterocycles. The van der Waals surface area contributed by atoms with Gasteiger partial charge >= 0.3 is 0 Å². The second kappa shape index (κ2) is 8.93. The molecule has 1 heterocycles. The number of amides is 1. The molecule has 22 heavy (non-hydrogen) atoms. The highest BCUT2D eigenvalue weighted by molar-refractivity contribution is 5.85. The van der Waals surface area contributed by atoms with E-state index in [1.807, 2.05) is 13.0 Å². The highest BCUT2D eigenvalue weighted by atomic mass is 35.5. The molecule has 5 heteroatoms. The number of hydrogen-bond acceptors (Lipinski definition) is 3. The molecular weight excluding hydrogens is 298 g/mol. The number of carbonyl (C=O) groups excluding carboxylic acids is 1. The Labute approximate surface area is 139 Å². The normalized spacial score (nSPS) is 22.6. The summed E-state index contributed by atoms with van der Waals surface area (Å²) < 4.78 is 0. The minimum atomic E-state index is -0.132. The van der Waals surface area contributed by atoms with Gasteiger partial charge in [0.2, 0.25) is 5.91 Å². The van der Waals surface area contributed by atoms with Crippen LogP contribution in [0.25, 0.3) is 0 Å². The van der Waals surface area contributed by atoms with Crippen molar-refractivity contribution in [2.24, 2.45) is 11.7 Å². The Morgan fingerprint density at radius 1 is 1.45 bits per heavy atom. The van der Waals surface area contributed by atoms with Crippen LogP contribution in [0.4, 0.5) is 0 Å². The molecule has 0 radical (unpaired) electrons. The monoisotopic (exact) mass is 323 g/mol. The second-order valence-electron chi connectivity index (χ2n) is 5.68. The number of nitrogens with one attached hydrogen (secondary N) is 1. The molecule has 1 unspecified atom stereocenters. The minimum Gasteiger partial charge on any atom is -0.351 e. The standard InChI is InChI=1S/C17H25N3O.ClH/c1-3-9-19-17(21)13(2)20-11-15(10-18)16(12-20)14-7-5-4-6-8-14;/h3-8,13,15-16H,1,9-12,18H2,2H3,(H,19,21);1H/t13?,15-,16+;/m1./s1. The van der Waals surface area contributed by atoms with Gasteiger partial charge in [-0.05, 0) is 24.9 Å². The molecule has 3 N–H and O–H groups in total. The number of hydrogen-bond donors (Lipinski definition) is 2. The van der Waals surface area contributed by atoms with Gasteiger partial charge in [0.25, 0.3) is 0 Å². The highest BCUT2D eigenvalue weighted by Crippen LogP contribution is 2.32. The van der Waals surface area contributed by atoms with Crippen LogP contribution < -0.4 is 11.1 Å². The Bertz CT molecular complexity index is 480. The van der Waals surface area contributed by atoms with Gasteiger partial charge in [0.05, 0.1) is 6.04 Å². The van der Waals surface area contributed by atoms with Gasteiger partial charge in [-0.2, -0.15) is 0 Å². The molecule has 0 bridgehead atoms. The lowest BCUT2D eigenvalue weighted by Gasteiger charge is -2.23. The van der Waals surface area contributed by atoms with Crippen molar-refractivity contribution in [3.05, 3.63) is 48.6 Å². The third-order valence-corrected chi connectivity index (χ3v) is 4.35. The van der Waals surface area contributed by atoms with Crippen LogP contribution in [0.5, 0.6) is 0 Å². The van der Waals surface area contributed by atoms with Crippen LogP contribution in [0.15, 0.2) is 43.0 Å². The quantitative estimate of drug-likeness (QED) is 0.784. The number of halogens is 1. The molecule has 1 aliphatic heterocycles. The first kappa shape index (κ1) is 18.7. The van der Waals surface area contributed by atoms with Gasteiger partial charge in [-0.1, -0.05) is 36.4 Å². The van der Waals surface area contributed by atoms with Crippen LogP contribution in [0.1, 0.15) is 18.4 Å². The van der Waals surface area contributed by atoms with Crippen LogP contribution in [-0.2, 0) is 4.79 Å². The molecule has 1 aliphatic rings. The van der Waals surface area contributed by atoms with Crippen molar-refractivity contribution in [2.45, 2.75) is 18.9 Å². The molecule has 1 fully saturated rings. The van der Waals surface area contributed by atoms with Gasteiger partial charge in [0, 0.05) is 25.6 Å². The van der Waals surface area contributed by atoms with Crippen molar-refractivity contribution in [3.8, 4) is 0 Å². The zero-order valence-corrected chi connectivity index (χ0v) is 13.9. The summed E-state index contributed by atoms with van der Waals surface area (Å²) >= 11 is 0. The highest BCUT2D eigenvalue weighted by Gasteiger charge is 2.36. The smallest absolute Gasteiger partial charge is 0.237 e. The maximum absolute atomic E-state index is 12.1. The van der Waals surface area contributed by atoms with Crippen molar-refractivity contribution < 1.29 is 4.79 Å². The van der Waals surface area contributed by atoms with E-state index in [1.54, 1.807) is 6.08 Å². The first-order valence-corrected chi connectivity index (χ1v) is 7.55. The second-order valence-corrected chi connectivity index (χ2v) is 5.68. The molecule has 3 atom stereocenters. The van der Waals surface area contributed by atoms with Gasteiger partial charge in [0.15, 0.2) is 0 Å². The molecule has 0 spiro atoms. The lowest BCUT2D eigenvalue weighted by molar-refractivity contribution is -0.125. The van der Waals surface area contributed by atoms with E-state index in [2.05, 4.69) is 41.1 Å². The number of benzene rings is 1. The number of rotatable bonds is 6. The first-order valence-electron chi connectivity index (χ1n) is 7.55. The molecule has 4 nitrogen and oxygen atoms in total. The van der Waals surface area contributed by atoms with Crippen LogP contribution >= 0.6 is 12.4 Å². The summed E-state index contributed by atoms with van der Waals surface area (Å²) in [6, 6.07) is 10.3. The maximum atomic E-state index is 12.1. The molecule has 0 saturated carbocycles. The summed E-state index contributed by atoms with van der Waals surface area (Å²) in [5.41, 5.74) is 7.25. The fourth-order valence-corrected chi connectivity index (χ4v) is 3.02. The van der Waals surface area contributed by atoms with E-state index >= 15 is 0 Å². The summed E-state index contributed by atoms with van der Waals surface area (Å²) in [7, 11) is 0. The average Bonchev–Trinajstić information content (AvgIpc) is 2.97. The predicted molar refractivity (Wildman–Crippen MR) is 93.2 cm³/mol. The largest absolute Gasteiger partial charge is 0.351 e. The van der Waals surface area contributed by atoms with E-state index in [1.165, 1.54) is 5.56 Å². The topological polar surface area (TPSA) is 58.4 Å². The summed E-state index contributed by atoms with van der Waals surface area (Å²) in [5.74, 6) is 0.868. The fourth-order valence-electron chi connectivity index (χ4n) is 3.02. The molecule has 122 valence electrons. The summed E-state index contributed by atoms with van der Waals surface area (Å²) in [6.07, 6.45) is 1.70. The Kier molecular flexibility index (Phi) is 7.59. The Balaban J connectivity index is 0.00000242. The van der Waals surface area contributed by atoms with Crippen molar-refractivity contribution in [3.63, 3.8) is 0 Å². The summed E-state index contributed by atoms with van der Waals surface area (Å²) in [4.78, 5) is 14.3. The van der Waals surface area contributed by atoms with E-state index < -0.39 is 0 Å². The van der Waals surface area contributed by atoms with E-state index in [0.29, 0.717) is 24.9 Å². The van der Waals surface area contributed by atoms with Gasteiger partial charge in [-0.25, -0.2) is 0 Å². The van der Waals surface area contributed by atoms with Crippen LogP contribution in [0.3, 0.4) is 0 Å². The SMILES string of the molecule is C=CCNC(=O)C(C)N1C[C@@H](CN)[C@H](c2ccccc2)C1.Cl. The Morgan fingerprint density at radius 3 is 2.73 bits per heavy atom. The summed E-state index contributed by atoms with van der Waals surface area (Å²) in [6.45, 7) is 8.50. The average molecular weight is 324 g/mol. The molecule has 0 aliphatic carbocycles. The zero-order valence-electron chi connectivity index (χ0n) is 13.1. The zero-order chi connectivity index (χ0) is 15.2. The van der Waals surface area contributed by atoms with E-state index in [0.717, 1.165) is 13.1 Å². The molecular formula is C17H26ClN3O. The van der Waals surface area contributed by atoms with Crippen molar-refractivity contribution >= 4 is 18.3 Å². The first-order chi connectivity index (χ1) is 10.2. The lowest BCUT2D eigenvalue weighted by Crippen LogP contribution is -2.44. The van der Waals surface area contributed by atoms with Gasteiger partial charge < -0.3 is 11.1 Å². The van der Waals surface area contributed by atoms with Crippen molar-refractivity contribution in [1.29, 1.82) is 0 Å². The molecule has 1 aromatic rings. The third kappa shape index (κ3) is 4.32. The van der Waals surface area contributed by atoms with Gasteiger partial charge in [-0.15, -0.1) is 19.0 Å². The summed E-state index contributed by atoms with van der Waals surface area (Å²) in [5, 5.41) is 2.87. The van der Waals surface area contributed by atoms with E-state index in [4.69, 9.17) is 5.73 Å².